The topological polar surface area (TPSA) is 0 Å². The lowest BCUT2D eigenvalue weighted by atomic mass is 10.1. The molecule has 4 rings (SSSR count). The molecular formula is C26H18Cl2S2. The molecule has 0 aliphatic carbocycles. The van der Waals surface area contributed by atoms with E-state index >= 15 is 0 Å². The van der Waals surface area contributed by atoms with E-state index in [-0.39, 0.29) is 0 Å². The normalized spacial score (nSPS) is 11.8. The Kier molecular flexibility index (Phi) is 7.24. The summed E-state index contributed by atoms with van der Waals surface area (Å²) in [4.78, 5) is 4.68. The van der Waals surface area contributed by atoms with Crippen LogP contribution >= 0.6 is 46.7 Å². The van der Waals surface area contributed by atoms with Crippen molar-refractivity contribution in [3.8, 4) is 0 Å². The van der Waals surface area contributed by atoms with Gasteiger partial charge in [-0.2, -0.15) is 0 Å². The van der Waals surface area contributed by atoms with Crippen LogP contribution in [0.1, 0.15) is 11.1 Å². The van der Waals surface area contributed by atoms with Gasteiger partial charge in [0.15, 0.2) is 0 Å². The maximum Gasteiger partial charge on any atom is 0.0406 e. The first kappa shape index (κ1) is 21.1. The Morgan fingerprint density at radius 2 is 0.767 bits per heavy atom. The maximum atomic E-state index is 6.11. The molecule has 148 valence electrons. The fraction of sp³-hybridized carbons (Fsp3) is 0. The van der Waals surface area contributed by atoms with Crippen LogP contribution in [0, 0.1) is 0 Å². The van der Waals surface area contributed by atoms with Crippen molar-refractivity contribution in [3.05, 3.63) is 130 Å². The van der Waals surface area contributed by atoms with Gasteiger partial charge in [0.25, 0.3) is 0 Å². The summed E-state index contributed by atoms with van der Waals surface area (Å²) < 4.78 is 0. The van der Waals surface area contributed by atoms with E-state index < -0.39 is 0 Å². The Hall–Kier alpha value is -2.10. The number of hydrogen-bond donors (Lipinski definition) is 0. The monoisotopic (exact) mass is 464 g/mol. The predicted octanol–water partition coefficient (Wildman–Crippen LogP) is 9.40. The van der Waals surface area contributed by atoms with Crippen LogP contribution in [-0.2, 0) is 0 Å². The van der Waals surface area contributed by atoms with Gasteiger partial charge >= 0.3 is 0 Å². The van der Waals surface area contributed by atoms with Crippen molar-refractivity contribution in [2.24, 2.45) is 0 Å². The number of rotatable bonds is 6. The third-order valence-corrected chi connectivity index (χ3v) is 7.28. The molecule has 0 aliphatic heterocycles. The van der Waals surface area contributed by atoms with Crippen LogP contribution in [0.25, 0.3) is 9.81 Å². The van der Waals surface area contributed by atoms with Crippen LogP contribution < -0.4 is 0 Å². The van der Waals surface area contributed by atoms with Crippen LogP contribution in [0.2, 0.25) is 10.0 Å². The van der Waals surface area contributed by atoms with Crippen LogP contribution in [0.4, 0.5) is 0 Å². The summed E-state index contributed by atoms with van der Waals surface area (Å²) >= 11 is 15.7. The molecule has 0 atom stereocenters. The van der Waals surface area contributed by atoms with Gasteiger partial charge < -0.3 is 0 Å². The van der Waals surface area contributed by atoms with E-state index in [2.05, 4.69) is 72.8 Å². The van der Waals surface area contributed by atoms with Crippen LogP contribution in [0.15, 0.2) is 119 Å². The van der Waals surface area contributed by atoms with Gasteiger partial charge in [-0.3, -0.25) is 0 Å². The van der Waals surface area contributed by atoms with E-state index in [0.717, 1.165) is 19.8 Å². The number of hydrogen-bond acceptors (Lipinski definition) is 2. The van der Waals surface area contributed by atoms with Gasteiger partial charge in [0.1, 0.15) is 0 Å². The third kappa shape index (κ3) is 5.53. The second-order valence-corrected chi connectivity index (χ2v) is 9.54. The highest BCUT2D eigenvalue weighted by Crippen LogP contribution is 2.47. The standard InChI is InChI=1S/C26H18Cl2S2/c27-21-11-15-23(16-12-21)29-25(19-7-3-1-4-8-19)26(20-9-5-2-6-10-20)30-24-17-13-22(28)14-18-24/h1-18H/b26-25+. The summed E-state index contributed by atoms with van der Waals surface area (Å²) in [5.41, 5.74) is 2.36. The van der Waals surface area contributed by atoms with Crippen molar-refractivity contribution in [2.45, 2.75) is 9.79 Å². The van der Waals surface area contributed by atoms with Gasteiger partial charge in [0.05, 0.1) is 0 Å². The SMILES string of the molecule is Clc1ccc(S/C(=C(/Sc2ccc(Cl)cc2)c2ccccc2)c2ccccc2)cc1. The molecule has 30 heavy (non-hydrogen) atoms. The molecule has 0 aliphatic rings. The molecule has 0 aromatic heterocycles. The molecule has 4 heteroatoms. The Morgan fingerprint density at radius 3 is 1.10 bits per heavy atom. The average Bonchev–Trinajstić information content (AvgIpc) is 2.80. The highest BCUT2D eigenvalue weighted by atomic mass is 35.5. The summed E-state index contributed by atoms with van der Waals surface area (Å²) in [6, 6.07) is 37.0. The smallest absolute Gasteiger partial charge is 0.0406 e. The fourth-order valence-corrected chi connectivity index (χ4v) is 5.34. The molecule has 0 amide bonds. The zero-order valence-electron chi connectivity index (χ0n) is 16.0. The van der Waals surface area contributed by atoms with Crippen molar-refractivity contribution >= 4 is 56.5 Å². The molecule has 0 heterocycles. The lowest BCUT2D eigenvalue weighted by Gasteiger charge is -2.16. The second kappa shape index (κ2) is 10.3. The first-order chi connectivity index (χ1) is 14.7. The third-order valence-electron chi connectivity index (χ3n) is 4.35. The lowest BCUT2D eigenvalue weighted by Crippen LogP contribution is -1.88. The Morgan fingerprint density at radius 1 is 0.433 bits per heavy atom. The zero-order valence-corrected chi connectivity index (χ0v) is 19.1. The Bertz CT molecular complexity index is 1030. The minimum absolute atomic E-state index is 0.739. The first-order valence-corrected chi connectivity index (χ1v) is 11.8. The van der Waals surface area contributed by atoms with Crippen molar-refractivity contribution in [2.75, 3.05) is 0 Å². The first-order valence-electron chi connectivity index (χ1n) is 9.41. The summed E-state index contributed by atoms with van der Waals surface area (Å²) in [7, 11) is 0. The zero-order chi connectivity index (χ0) is 20.8. The molecule has 0 N–H and O–H groups in total. The molecule has 0 spiro atoms. The second-order valence-electron chi connectivity index (χ2n) is 6.50. The molecule has 0 radical (unpaired) electrons. The molecule has 0 saturated carbocycles. The van der Waals surface area contributed by atoms with Crippen LogP contribution in [-0.4, -0.2) is 0 Å². The molecular weight excluding hydrogens is 447 g/mol. The lowest BCUT2D eigenvalue weighted by molar-refractivity contribution is 1.47. The Balaban J connectivity index is 1.86. The molecule has 0 bridgehead atoms. The van der Waals surface area contributed by atoms with Crippen molar-refractivity contribution in [1.82, 2.24) is 0 Å². The van der Waals surface area contributed by atoms with E-state index in [4.69, 9.17) is 23.2 Å². The Labute approximate surface area is 195 Å². The molecule has 0 nitrogen and oxygen atoms in total. The number of thioether (sulfide) groups is 2. The van der Waals surface area contributed by atoms with Crippen molar-refractivity contribution in [3.63, 3.8) is 0 Å². The molecule has 0 fully saturated rings. The van der Waals surface area contributed by atoms with E-state index in [1.54, 1.807) is 23.5 Å². The summed E-state index contributed by atoms with van der Waals surface area (Å²) in [6.45, 7) is 0. The van der Waals surface area contributed by atoms with Crippen molar-refractivity contribution in [1.29, 1.82) is 0 Å². The molecule has 4 aromatic rings. The van der Waals surface area contributed by atoms with E-state index in [9.17, 15) is 0 Å². The minimum atomic E-state index is 0.739. The fourth-order valence-electron chi connectivity index (χ4n) is 2.89. The number of benzene rings is 4. The van der Waals surface area contributed by atoms with Gasteiger partial charge in [-0.15, -0.1) is 0 Å². The summed E-state index contributed by atoms with van der Waals surface area (Å²) in [5.74, 6) is 0. The van der Waals surface area contributed by atoms with Crippen molar-refractivity contribution < 1.29 is 0 Å². The van der Waals surface area contributed by atoms with Crippen LogP contribution in [0.3, 0.4) is 0 Å². The molecule has 4 aromatic carbocycles. The summed E-state index contributed by atoms with van der Waals surface area (Å²) in [5, 5.41) is 1.48. The average molecular weight is 465 g/mol. The summed E-state index contributed by atoms with van der Waals surface area (Å²) in [6.07, 6.45) is 0. The van der Waals surface area contributed by atoms with Crippen LogP contribution in [0.5, 0.6) is 0 Å². The van der Waals surface area contributed by atoms with Gasteiger partial charge in [-0.1, -0.05) is 107 Å². The van der Waals surface area contributed by atoms with Gasteiger partial charge in [0, 0.05) is 29.6 Å². The highest BCUT2D eigenvalue weighted by molar-refractivity contribution is 8.13. The maximum absolute atomic E-state index is 6.11. The number of halogens is 2. The largest absolute Gasteiger partial charge is 0.0883 e. The quantitative estimate of drug-likeness (QED) is 0.205. The highest BCUT2D eigenvalue weighted by Gasteiger charge is 2.15. The van der Waals surface area contributed by atoms with Gasteiger partial charge in [0.2, 0.25) is 0 Å². The molecule has 0 unspecified atom stereocenters. The minimum Gasteiger partial charge on any atom is -0.0883 e. The van der Waals surface area contributed by atoms with Gasteiger partial charge in [-0.25, -0.2) is 0 Å². The van der Waals surface area contributed by atoms with E-state index in [0.29, 0.717) is 0 Å². The molecule has 0 saturated heterocycles. The van der Waals surface area contributed by atoms with Gasteiger partial charge in [-0.05, 0) is 59.7 Å². The predicted molar refractivity (Wildman–Crippen MR) is 134 cm³/mol. The van der Waals surface area contributed by atoms with E-state index in [1.165, 1.54) is 20.9 Å². The van der Waals surface area contributed by atoms with E-state index in [1.807, 2.05) is 36.4 Å².